The van der Waals surface area contributed by atoms with Crippen LogP contribution in [0.4, 0.5) is 5.69 Å². The molecule has 0 aromatic heterocycles. The Hall–Kier alpha value is -3.33. The number of rotatable bonds is 4. The molecule has 0 radical (unpaired) electrons. The van der Waals surface area contributed by atoms with Gasteiger partial charge in [-0.2, -0.15) is 0 Å². The highest BCUT2D eigenvalue weighted by molar-refractivity contribution is 5.98. The maximum atomic E-state index is 12.0. The number of nitrogens with two attached hydrogens (primary N) is 1. The Labute approximate surface area is 147 Å². The van der Waals surface area contributed by atoms with Crippen molar-refractivity contribution >= 4 is 17.7 Å². The summed E-state index contributed by atoms with van der Waals surface area (Å²) in [5, 5.41) is 0. The molecule has 0 aliphatic heterocycles. The fourth-order valence-corrected chi connectivity index (χ4v) is 2.83. The highest BCUT2D eigenvalue weighted by Crippen LogP contribution is 2.30. The maximum absolute atomic E-state index is 12.0. The van der Waals surface area contributed by atoms with Gasteiger partial charge in [-0.3, -0.25) is 0 Å². The molecule has 0 saturated heterocycles. The van der Waals surface area contributed by atoms with Crippen LogP contribution in [0.15, 0.2) is 73.3 Å². The van der Waals surface area contributed by atoms with Crippen molar-refractivity contribution in [2.24, 2.45) is 0 Å². The van der Waals surface area contributed by atoms with Crippen LogP contribution in [-0.4, -0.2) is 13.1 Å². The van der Waals surface area contributed by atoms with Crippen LogP contribution in [0.2, 0.25) is 0 Å². The average Bonchev–Trinajstić information content (AvgIpc) is 2.67. The summed E-state index contributed by atoms with van der Waals surface area (Å²) in [7, 11) is 1.35. The second-order valence-corrected chi connectivity index (χ2v) is 5.67. The zero-order chi connectivity index (χ0) is 17.8. The quantitative estimate of drug-likeness (QED) is 0.539. The van der Waals surface area contributed by atoms with E-state index in [1.165, 1.54) is 7.11 Å². The van der Waals surface area contributed by atoms with Crippen LogP contribution in [-0.2, 0) is 4.74 Å². The zero-order valence-electron chi connectivity index (χ0n) is 14.0. The van der Waals surface area contributed by atoms with E-state index in [1.807, 2.05) is 36.4 Å². The first-order chi connectivity index (χ1) is 12.1. The number of benzene rings is 3. The van der Waals surface area contributed by atoms with E-state index >= 15 is 0 Å². The summed E-state index contributed by atoms with van der Waals surface area (Å²) in [6, 6.07) is 22.0. The van der Waals surface area contributed by atoms with Crippen LogP contribution < -0.4 is 5.73 Å². The highest BCUT2D eigenvalue weighted by Gasteiger charge is 2.15. The molecular formula is C22H19NO2. The van der Waals surface area contributed by atoms with Gasteiger partial charge in [-0.15, -0.1) is 0 Å². The third-order valence-corrected chi connectivity index (χ3v) is 4.15. The van der Waals surface area contributed by atoms with Crippen molar-refractivity contribution in [2.75, 3.05) is 12.8 Å². The lowest BCUT2D eigenvalue weighted by Gasteiger charge is -2.12. The minimum absolute atomic E-state index is 0.416. The van der Waals surface area contributed by atoms with Crippen molar-refractivity contribution < 1.29 is 9.53 Å². The van der Waals surface area contributed by atoms with Gasteiger partial charge in [-0.05, 0) is 34.4 Å². The average molecular weight is 329 g/mol. The first kappa shape index (κ1) is 16.5. The fraction of sp³-hybridized carbons (Fsp3) is 0.0455. The summed E-state index contributed by atoms with van der Waals surface area (Å²) in [6.07, 6.45) is 1.57. The van der Waals surface area contributed by atoms with E-state index in [0.717, 1.165) is 22.3 Å². The first-order valence-electron chi connectivity index (χ1n) is 7.94. The number of carbonyl (C=O) groups is 1. The Bertz CT molecular complexity index is 913. The Morgan fingerprint density at radius 3 is 2.04 bits per heavy atom. The number of hydrogen-bond donors (Lipinski definition) is 1. The molecule has 3 heteroatoms. The summed E-state index contributed by atoms with van der Waals surface area (Å²) in [5.41, 5.74) is 11.7. The minimum Gasteiger partial charge on any atom is -0.465 e. The Morgan fingerprint density at radius 1 is 0.920 bits per heavy atom. The molecule has 25 heavy (non-hydrogen) atoms. The molecule has 0 bridgehead atoms. The SMILES string of the molecule is C=Cc1c(N)cc(-c2ccc(-c3ccccc3)cc2)cc1C(=O)OC. The second kappa shape index (κ2) is 7.05. The third-order valence-electron chi connectivity index (χ3n) is 4.15. The number of ether oxygens (including phenoxy) is 1. The lowest BCUT2D eigenvalue weighted by atomic mass is 9.95. The molecular weight excluding hydrogens is 310 g/mol. The molecule has 3 aromatic rings. The molecule has 0 aliphatic rings. The largest absolute Gasteiger partial charge is 0.465 e. The van der Waals surface area contributed by atoms with Crippen LogP contribution in [0.3, 0.4) is 0 Å². The molecule has 0 heterocycles. The number of carbonyl (C=O) groups excluding carboxylic acids is 1. The standard InChI is InChI=1S/C22H19NO2/c1-3-19-20(22(24)25-2)13-18(14-21(19)23)17-11-9-16(10-12-17)15-7-5-4-6-8-15/h3-14H,1,23H2,2H3. The predicted octanol–water partition coefficient (Wildman–Crippen LogP) is 5.03. The Balaban J connectivity index is 2.03. The van der Waals surface area contributed by atoms with Crippen molar-refractivity contribution in [3.63, 3.8) is 0 Å². The molecule has 3 aromatic carbocycles. The molecule has 0 fully saturated rings. The van der Waals surface area contributed by atoms with Gasteiger partial charge in [-0.25, -0.2) is 4.79 Å². The van der Waals surface area contributed by atoms with Crippen LogP contribution in [0.5, 0.6) is 0 Å². The molecule has 3 nitrogen and oxygen atoms in total. The van der Waals surface area contributed by atoms with Crippen LogP contribution in [0.25, 0.3) is 28.3 Å². The number of nitrogen functional groups attached to an aromatic ring is 1. The molecule has 0 amide bonds. The summed E-state index contributed by atoms with van der Waals surface area (Å²) in [4.78, 5) is 12.0. The van der Waals surface area contributed by atoms with E-state index in [-0.39, 0.29) is 0 Å². The van der Waals surface area contributed by atoms with Crippen LogP contribution >= 0.6 is 0 Å². The van der Waals surface area contributed by atoms with Crippen molar-refractivity contribution in [3.8, 4) is 22.3 Å². The monoisotopic (exact) mass is 329 g/mol. The lowest BCUT2D eigenvalue weighted by Crippen LogP contribution is -2.06. The van der Waals surface area contributed by atoms with Crippen LogP contribution in [0, 0.1) is 0 Å². The topological polar surface area (TPSA) is 52.3 Å². The first-order valence-corrected chi connectivity index (χ1v) is 7.94. The molecule has 0 aliphatic carbocycles. The summed E-state index contributed by atoms with van der Waals surface area (Å²) in [5.74, 6) is -0.427. The Kier molecular flexibility index (Phi) is 4.66. The second-order valence-electron chi connectivity index (χ2n) is 5.67. The van der Waals surface area contributed by atoms with Crippen molar-refractivity contribution in [3.05, 3.63) is 84.4 Å². The molecule has 2 N–H and O–H groups in total. The van der Waals surface area contributed by atoms with Gasteiger partial charge < -0.3 is 10.5 Å². The van der Waals surface area contributed by atoms with Gasteiger partial charge in [-0.1, -0.05) is 67.3 Å². The molecule has 124 valence electrons. The predicted molar refractivity (Wildman–Crippen MR) is 103 cm³/mol. The summed E-state index contributed by atoms with van der Waals surface area (Å²) < 4.78 is 4.86. The van der Waals surface area contributed by atoms with Crippen molar-refractivity contribution in [2.45, 2.75) is 0 Å². The fourth-order valence-electron chi connectivity index (χ4n) is 2.83. The highest BCUT2D eigenvalue weighted by atomic mass is 16.5. The smallest absolute Gasteiger partial charge is 0.338 e. The van der Waals surface area contributed by atoms with E-state index in [1.54, 1.807) is 12.1 Å². The molecule has 0 spiro atoms. The van der Waals surface area contributed by atoms with E-state index < -0.39 is 5.97 Å². The van der Waals surface area contributed by atoms with Crippen LogP contribution in [0.1, 0.15) is 15.9 Å². The third kappa shape index (κ3) is 3.31. The summed E-state index contributed by atoms with van der Waals surface area (Å²) >= 11 is 0. The van der Waals surface area contributed by atoms with Gasteiger partial charge in [0, 0.05) is 11.3 Å². The van der Waals surface area contributed by atoms with E-state index in [9.17, 15) is 4.79 Å². The molecule has 0 saturated carbocycles. The van der Waals surface area contributed by atoms with Gasteiger partial charge in [0.1, 0.15) is 0 Å². The van der Waals surface area contributed by atoms with E-state index in [0.29, 0.717) is 16.8 Å². The molecule has 3 rings (SSSR count). The Morgan fingerprint density at radius 2 is 1.48 bits per heavy atom. The summed E-state index contributed by atoms with van der Waals surface area (Å²) in [6.45, 7) is 3.73. The zero-order valence-corrected chi connectivity index (χ0v) is 14.0. The number of methoxy groups -OCH3 is 1. The number of esters is 1. The van der Waals surface area contributed by atoms with Crippen molar-refractivity contribution in [1.82, 2.24) is 0 Å². The van der Waals surface area contributed by atoms with E-state index in [2.05, 4.69) is 30.8 Å². The number of hydrogen-bond acceptors (Lipinski definition) is 3. The van der Waals surface area contributed by atoms with Gasteiger partial charge >= 0.3 is 5.97 Å². The van der Waals surface area contributed by atoms with Gasteiger partial charge in [0.15, 0.2) is 0 Å². The number of anilines is 1. The lowest BCUT2D eigenvalue weighted by molar-refractivity contribution is 0.0600. The minimum atomic E-state index is -0.427. The maximum Gasteiger partial charge on any atom is 0.338 e. The van der Waals surface area contributed by atoms with Crippen molar-refractivity contribution in [1.29, 1.82) is 0 Å². The van der Waals surface area contributed by atoms with Gasteiger partial charge in [0.05, 0.1) is 12.7 Å². The van der Waals surface area contributed by atoms with Gasteiger partial charge in [0.25, 0.3) is 0 Å². The molecule has 0 atom stereocenters. The van der Waals surface area contributed by atoms with Gasteiger partial charge in [0.2, 0.25) is 0 Å². The normalized spacial score (nSPS) is 10.3. The molecule has 0 unspecified atom stereocenters. The van der Waals surface area contributed by atoms with E-state index in [4.69, 9.17) is 10.5 Å².